The molecule has 2 aromatic rings. The highest BCUT2D eigenvalue weighted by Crippen LogP contribution is 2.14. The highest BCUT2D eigenvalue weighted by molar-refractivity contribution is 5.37. The normalized spacial score (nSPS) is 10.2. The average Bonchev–Trinajstić information content (AvgIpc) is 2.80. The second-order valence-electron chi connectivity index (χ2n) is 3.24. The monoisotopic (exact) mass is 201 g/mol. The van der Waals surface area contributed by atoms with Crippen LogP contribution in [0.3, 0.4) is 0 Å². The SMILES string of the molecule is CCCOc1ccc(-n2[c]ncc2)cc1. The van der Waals surface area contributed by atoms with Gasteiger partial charge in [-0.2, -0.15) is 0 Å². The fraction of sp³-hybridized carbons (Fsp3) is 0.250. The van der Waals surface area contributed by atoms with E-state index in [1.807, 2.05) is 35.0 Å². The zero-order valence-electron chi connectivity index (χ0n) is 8.68. The largest absolute Gasteiger partial charge is 0.494 e. The molecular formula is C12H13N2O. The van der Waals surface area contributed by atoms with Crippen molar-refractivity contribution >= 4 is 0 Å². The molecule has 15 heavy (non-hydrogen) atoms. The van der Waals surface area contributed by atoms with E-state index in [1.54, 1.807) is 6.20 Å². The second-order valence-corrected chi connectivity index (χ2v) is 3.24. The van der Waals surface area contributed by atoms with Gasteiger partial charge in [0.1, 0.15) is 5.75 Å². The first-order chi connectivity index (χ1) is 7.40. The van der Waals surface area contributed by atoms with Gasteiger partial charge in [0.15, 0.2) is 6.33 Å². The van der Waals surface area contributed by atoms with Gasteiger partial charge in [-0.1, -0.05) is 6.92 Å². The minimum Gasteiger partial charge on any atom is -0.494 e. The first kappa shape index (κ1) is 9.77. The molecule has 2 rings (SSSR count). The van der Waals surface area contributed by atoms with E-state index in [9.17, 15) is 0 Å². The van der Waals surface area contributed by atoms with Crippen molar-refractivity contribution in [2.75, 3.05) is 6.61 Å². The molecule has 0 amide bonds. The summed E-state index contributed by atoms with van der Waals surface area (Å²) in [7, 11) is 0. The molecule has 0 saturated carbocycles. The van der Waals surface area contributed by atoms with Gasteiger partial charge in [0, 0.05) is 18.1 Å². The molecule has 0 N–H and O–H groups in total. The van der Waals surface area contributed by atoms with Crippen LogP contribution in [0, 0.1) is 6.33 Å². The summed E-state index contributed by atoms with van der Waals surface area (Å²) in [5, 5.41) is 0. The van der Waals surface area contributed by atoms with Gasteiger partial charge in [-0.15, -0.1) is 0 Å². The Labute approximate surface area is 89.3 Å². The van der Waals surface area contributed by atoms with Crippen LogP contribution in [0.15, 0.2) is 36.7 Å². The summed E-state index contributed by atoms with van der Waals surface area (Å²) in [6.07, 6.45) is 7.44. The maximum absolute atomic E-state index is 5.49. The molecule has 1 radical (unpaired) electrons. The van der Waals surface area contributed by atoms with Crippen molar-refractivity contribution < 1.29 is 4.74 Å². The van der Waals surface area contributed by atoms with Crippen LogP contribution >= 0.6 is 0 Å². The molecule has 3 heteroatoms. The molecule has 0 aliphatic carbocycles. The van der Waals surface area contributed by atoms with Crippen molar-refractivity contribution in [3.8, 4) is 11.4 Å². The number of aromatic nitrogens is 2. The Bertz CT molecular complexity index is 392. The molecule has 0 spiro atoms. The van der Waals surface area contributed by atoms with E-state index >= 15 is 0 Å². The van der Waals surface area contributed by atoms with Crippen molar-refractivity contribution in [1.82, 2.24) is 9.55 Å². The molecule has 0 fully saturated rings. The minimum absolute atomic E-state index is 0.760. The topological polar surface area (TPSA) is 27.1 Å². The fourth-order valence-corrected chi connectivity index (χ4v) is 1.30. The van der Waals surface area contributed by atoms with Crippen LogP contribution in [-0.4, -0.2) is 16.2 Å². The van der Waals surface area contributed by atoms with E-state index < -0.39 is 0 Å². The molecule has 3 nitrogen and oxygen atoms in total. The summed E-state index contributed by atoms with van der Waals surface area (Å²) < 4.78 is 7.33. The summed E-state index contributed by atoms with van der Waals surface area (Å²) >= 11 is 0. The van der Waals surface area contributed by atoms with E-state index in [0.717, 1.165) is 24.5 Å². The first-order valence-electron chi connectivity index (χ1n) is 5.04. The number of benzene rings is 1. The van der Waals surface area contributed by atoms with Crippen LogP contribution < -0.4 is 4.74 Å². The van der Waals surface area contributed by atoms with Crippen LogP contribution in [0.1, 0.15) is 13.3 Å². The van der Waals surface area contributed by atoms with E-state index in [4.69, 9.17) is 4.74 Å². The quantitative estimate of drug-likeness (QED) is 0.759. The minimum atomic E-state index is 0.760. The molecule has 1 heterocycles. The lowest BCUT2D eigenvalue weighted by molar-refractivity contribution is 0.317. The van der Waals surface area contributed by atoms with Gasteiger partial charge in [-0.05, 0) is 30.7 Å². The van der Waals surface area contributed by atoms with Crippen molar-refractivity contribution in [1.29, 1.82) is 0 Å². The summed E-state index contributed by atoms with van der Waals surface area (Å²) in [4.78, 5) is 3.88. The number of ether oxygens (including phenoxy) is 1. The Balaban J connectivity index is 2.11. The van der Waals surface area contributed by atoms with E-state index in [2.05, 4.69) is 18.2 Å². The number of hydrogen-bond acceptors (Lipinski definition) is 2. The van der Waals surface area contributed by atoms with Gasteiger partial charge < -0.3 is 4.74 Å². The maximum Gasteiger partial charge on any atom is 0.181 e. The molecule has 1 aromatic heterocycles. The predicted octanol–water partition coefficient (Wildman–Crippen LogP) is 2.46. The Hall–Kier alpha value is -1.77. The zero-order chi connectivity index (χ0) is 10.5. The van der Waals surface area contributed by atoms with E-state index in [0.29, 0.717) is 0 Å². The molecular weight excluding hydrogens is 188 g/mol. The predicted molar refractivity (Wildman–Crippen MR) is 58.2 cm³/mol. The Morgan fingerprint density at radius 1 is 1.33 bits per heavy atom. The third kappa shape index (κ3) is 2.37. The summed E-state index contributed by atoms with van der Waals surface area (Å²) in [6.45, 7) is 2.85. The van der Waals surface area contributed by atoms with Gasteiger partial charge in [0.2, 0.25) is 0 Å². The Kier molecular flexibility index (Phi) is 3.02. The number of imidazole rings is 1. The summed E-state index contributed by atoms with van der Waals surface area (Å²) in [5.41, 5.74) is 1.04. The number of rotatable bonds is 4. The molecule has 1 aromatic carbocycles. The van der Waals surface area contributed by atoms with Gasteiger partial charge in [-0.25, -0.2) is 4.98 Å². The second kappa shape index (κ2) is 4.64. The van der Waals surface area contributed by atoms with E-state index in [1.165, 1.54) is 0 Å². The fourth-order valence-electron chi connectivity index (χ4n) is 1.30. The van der Waals surface area contributed by atoms with Crippen molar-refractivity contribution in [2.24, 2.45) is 0 Å². The highest BCUT2D eigenvalue weighted by atomic mass is 16.5. The third-order valence-corrected chi connectivity index (χ3v) is 2.04. The Morgan fingerprint density at radius 3 is 2.73 bits per heavy atom. The van der Waals surface area contributed by atoms with Crippen LogP contribution in [-0.2, 0) is 0 Å². The van der Waals surface area contributed by atoms with Crippen molar-refractivity contribution in [3.05, 3.63) is 43.0 Å². The van der Waals surface area contributed by atoms with Crippen LogP contribution in [0.25, 0.3) is 5.69 Å². The molecule has 0 atom stereocenters. The van der Waals surface area contributed by atoms with Crippen LogP contribution in [0.4, 0.5) is 0 Å². The average molecular weight is 201 g/mol. The zero-order valence-corrected chi connectivity index (χ0v) is 8.68. The third-order valence-electron chi connectivity index (χ3n) is 2.04. The molecule has 0 unspecified atom stereocenters. The lowest BCUT2D eigenvalue weighted by atomic mass is 10.3. The Morgan fingerprint density at radius 2 is 2.13 bits per heavy atom. The lowest BCUT2D eigenvalue weighted by Crippen LogP contribution is -1.95. The molecule has 0 aliphatic rings. The van der Waals surface area contributed by atoms with Gasteiger partial charge >= 0.3 is 0 Å². The number of hydrogen-bond donors (Lipinski definition) is 0. The number of nitrogens with zero attached hydrogens (tertiary/aromatic N) is 2. The van der Waals surface area contributed by atoms with Crippen molar-refractivity contribution in [3.63, 3.8) is 0 Å². The maximum atomic E-state index is 5.49. The van der Waals surface area contributed by atoms with Gasteiger partial charge in [0.05, 0.1) is 6.61 Å². The van der Waals surface area contributed by atoms with E-state index in [-0.39, 0.29) is 0 Å². The summed E-state index contributed by atoms with van der Waals surface area (Å²) in [5.74, 6) is 0.903. The van der Waals surface area contributed by atoms with Gasteiger partial charge in [0.25, 0.3) is 0 Å². The smallest absolute Gasteiger partial charge is 0.181 e. The standard InChI is InChI=1S/C12H13N2O/c1-2-9-15-12-5-3-11(4-6-12)14-8-7-13-10-14/h3-8H,2,9H2,1H3. The first-order valence-corrected chi connectivity index (χ1v) is 5.04. The highest BCUT2D eigenvalue weighted by Gasteiger charge is 1.96. The molecule has 77 valence electrons. The van der Waals surface area contributed by atoms with Crippen molar-refractivity contribution in [2.45, 2.75) is 13.3 Å². The van der Waals surface area contributed by atoms with Crippen LogP contribution in [0.2, 0.25) is 0 Å². The van der Waals surface area contributed by atoms with Crippen LogP contribution in [0.5, 0.6) is 5.75 Å². The molecule has 0 saturated heterocycles. The lowest BCUT2D eigenvalue weighted by Gasteiger charge is -2.05. The molecule has 0 bridgehead atoms. The molecule has 0 aliphatic heterocycles. The summed E-state index contributed by atoms with van der Waals surface area (Å²) in [6, 6.07) is 7.89. The van der Waals surface area contributed by atoms with Gasteiger partial charge in [-0.3, -0.25) is 4.57 Å².